The zero-order valence-electron chi connectivity index (χ0n) is 11.3. The molecule has 0 amide bonds. The first-order chi connectivity index (χ1) is 9.19. The Kier molecular flexibility index (Phi) is 5.16. The Bertz CT molecular complexity index is 445. The minimum Gasteiger partial charge on any atom is -0.478 e. The fourth-order valence-corrected chi connectivity index (χ4v) is 3.45. The van der Waals surface area contributed by atoms with Crippen molar-refractivity contribution in [3.8, 4) is 0 Å². The van der Waals surface area contributed by atoms with E-state index in [0.717, 1.165) is 18.0 Å². The van der Waals surface area contributed by atoms with Gasteiger partial charge in [-0.1, -0.05) is 13.3 Å². The molecule has 0 saturated carbocycles. The van der Waals surface area contributed by atoms with Crippen molar-refractivity contribution in [1.29, 1.82) is 0 Å². The second kappa shape index (κ2) is 6.87. The van der Waals surface area contributed by atoms with Gasteiger partial charge in [-0.2, -0.15) is 0 Å². The van der Waals surface area contributed by atoms with E-state index in [1.807, 2.05) is 11.4 Å². The van der Waals surface area contributed by atoms with Crippen molar-refractivity contribution < 1.29 is 9.90 Å². The van der Waals surface area contributed by atoms with Crippen molar-refractivity contribution in [2.75, 3.05) is 13.1 Å². The van der Waals surface area contributed by atoms with Crippen LogP contribution in [-0.2, 0) is 11.3 Å². The number of carbonyl (C=O) groups is 1. The molecule has 2 heterocycles. The molecular formula is C15H21NO2S. The molecule has 0 atom stereocenters. The molecule has 104 valence electrons. The minimum atomic E-state index is -0.888. The van der Waals surface area contributed by atoms with Gasteiger partial charge in [0.1, 0.15) is 0 Å². The summed E-state index contributed by atoms with van der Waals surface area (Å²) in [6.07, 6.45) is 6.80. The maximum absolute atomic E-state index is 10.6. The number of carboxylic acid groups (broad SMARTS) is 1. The maximum atomic E-state index is 10.6. The average molecular weight is 279 g/mol. The molecule has 1 aromatic rings. The van der Waals surface area contributed by atoms with E-state index in [-0.39, 0.29) is 0 Å². The van der Waals surface area contributed by atoms with E-state index < -0.39 is 5.97 Å². The van der Waals surface area contributed by atoms with Crippen LogP contribution in [0.4, 0.5) is 0 Å². The summed E-state index contributed by atoms with van der Waals surface area (Å²) in [7, 11) is 0. The molecule has 2 rings (SSSR count). The van der Waals surface area contributed by atoms with Crippen LogP contribution in [0.25, 0.3) is 6.08 Å². The number of likely N-dealkylation sites (tertiary alicyclic amines) is 1. The molecule has 0 spiro atoms. The first-order valence-electron chi connectivity index (χ1n) is 6.88. The fourth-order valence-electron chi connectivity index (χ4n) is 2.54. The smallest absolute Gasteiger partial charge is 0.328 e. The van der Waals surface area contributed by atoms with Crippen molar-refractivity contribution >= 4 is 23.4 Å². The average Bonchev–Trinajstić information content (AvgIpc) is 2.84. The van der Waals surface area contributed by atoms with Crippen LogP contribution >= 0.6 is 11.3 Å². The third-order valence-corrected chi connectivity index (χ3v) is 4.76. The standard InChI is InChI=1S/C15H21NO2S/c1-2-12-5-8-16(9-6-12)11-14-13(7-10-19-14)3-4-15(17)18/h3-4,7,10,12H,2,5-6,8-9,11H2,1H3,(H,17,18)/b4-3+. The van der Waals surface area contributed by atoms with Gasteiger partial charge in [-0.25, -0.2) is 4.79 Å². The van der Waals surface area contributed by atoms with Gasteiger partial charge < -0.3 is 5.11 Å². The molecule has 1 N–H and O–H groups in total. The molecular weight excluding hydrogens is 258 g/mol. The van der Waals surface area contributed by atoms with Crippen LogP contribution in [0.3, 0.4) is 0 Å². The third-order valence-electron chi connectivity index (χ3n) is 3.84. The molecule has 0 radical (unpaired) electrons. The topological polar surface area (TPSA) is 40.5 Å². The number of nitrogens with zero attached hydrogens (tertiary/aromatic N) is 1. The lowest BCUT2D eigenvalue weighted by Crippen LogP contribution is -2.32. The molecule has 0 aliphatic carbocycles. The van der Waals surface area contributed by atoms with Crippen LogP contribution in [0, 0.1) is 5.92 Å². The summed E-state index contributed by atoms with van der Waals surface area (Å²) in [4.78, 5) is 14.3. The highest BCUT2D eigenvalue weighted by Crippen LogP contribution is 2.25. The van der Waals surface area contributed by atoms with Crippen molar-refractivity contribution in [3.05, 3.63) is 28.0 Å². The molecule has 1 fully saturated rings. The molecule has 1 aliphatic heterocycles. The molecule has 1 aliphatic rings. The van der Waals surface area contributed by atoms with Crippen LogP contribution in [0.2, 0.25) is 0 Å². The number of rotatable bonds is 5. The second-order valence-electron chi connectivity index (χ2n) is 5.10. The monoisotopic (exact) mass is 279 g/mol. The number of piperidine rings is 1. The third kappa shape index (κ3) is 4.18. The van der Waals surface area contributed by atoms with E-state index in [4.69, 9.17) is 5.11 Å². The zero-order valence-corrected chi connectivity index (χ0v) is 12.2. The largest absolute Gasteiger partial charge is 0.478 e. The van der Waals surface area contributed by atoms with E-state index in [0.29, 0.717) is 0 Å². The molecule has 0 unspecified atom stereocenters. The summed E-state index contributed by atoms with van der Waals surface area (Å²) in [6, 6.07) is 2.00. The molecule has 1 aromatic heterocycles. The Morgan fingerprint density at radius 1 is 1.53 bits per heavy atom. The molecule has 0 aromatic carbocycles. The highest BCUT2D eigenvalue weighted by atomic mass is 32.1. The lowest BCUT2D eigenvalue weighted by atomic mass is 9.94. The van der Waals surface area contributed by atoms with Gasteiger partial charge in [0.25, 0.3) is 0 Å². The second-order valence-corrected chi connectivity index (χ2v) is 6.10. The van der Waals surface area contributed by atoms with Crippen molar-refractivity contribution in [1.82, 2.24) is 4.90 Å². The Hall–Kier alpha value is -1.13. The summed E-state index contributed by atoms with van der Waals surface area (Å²) >= 11 is 1.72. The lowest BCUT2D eigenvalue weighted by molar-refractivity contribution is -0.131. The van der Waals surface area contributed by atoms with Gasteiger partial charge in [0.15, 0.2) is 0 Å². The molecule has 0 bridgehead atoms. The summed E-state index contributed by atoms with van der Waals surface area (Å²) in [5, 5.41) is 10.7. The van der Waals surface area contributed by atoms with Gasteiger partial charge >= 0.3 is 5.97 Å². The predicted molar refractivity (Wildman–Crippen MR) is 79.3 cm³/mol. The number of aliphatic carboxylic acids is 1. The zero-order chi connectivity index (χ0) is 13.7. The summed E-state index contributed by atoms with van der Waals surface area (Å²) in [5.74, 6) is 0.00636. The van der Waals surface area contributed by atoms with Gasteiger partial charge in [0, 0.05) is 17.5 Å². The summed E-state index contributed by atoms with van der Waals surface area (Å²) < 4.78 is 0. The highest BCUT2D eigenvalue weighted by Gasteiger charge is 2.18. The number of thiophene rings is 1. The van der Waals surface area contributed by atoms with E-state index in [1.165, 1.54) is 43.3 Å². The maximum Gasteiger partial charge on any atom is 0.328 e. The summed E-state index contributed by atoms with van der Waals surface area (Å²) in [6.45, 7) is 5.55. The Morgan fingerprint density at radius 3 is 2.89 bits per heavy atom. The Balaban J connectivity index is 1.93. The van der Waals surface area contributed by atoms with Crippen LogP contribution in [0.15, 0.2) is 17.5 Å². The van der Waals surface area contributed by atoms with Crippen LogP contribution in [0.1, 0.15) is 36.6 Å². The van der Waals surface area contributed by atoms with E-state index >= 15 is 0 Å². The highest BCUT2D eigenvalue weighted by molar-refractivity contribution is 7.10. The van der Waals surface area contributed by atoms with Crippen molar-refractivity contribution in [2.45, 2.75) is 32.7 Å². The van der Waals surface area contributed by atoms with Crippen molar-refractivity contribution in [3.63, 3.8) is 0 Å². The number of hydrogen-bond donors (Lipinski definition) is 1. The molecule has 4 heteroatoms. The van der Waals surface area contributed by atoms with Gasteiger partial charge in [0.2, 0.25) is 0 Å². The molecule has 3 nitrogen and oxygen atoms in total. The van der Waals surface area contributed by atoms with E-state index in [9.17, 15) is 4.79 Å². The van der Waals surface area contributed by atoms with Crippen molar-refractivity contribution in [2.24, 2.45) is 5.92 Å². The summed E-state index contributed by atoms with van der Waals surface area (Å²) in [5.41, 5.74) is 1.05. The van der Waals surface area contributed by atoms with Crippen LogP contribution in [-0.4, -0.2) is 29.1 Å². The van der Waals surface area contributed by atoms with E-state index in [1.54, 1.807) is 17.4 Å². The normalized spacial score (nSPS) is 18.2. The van der Waals surface area contributed by atoms with Gasteiger partial charge in [-0.3, -0.25) is 4.90 Å². The Morgan fingerprint density at radius 2 is 2.26 bits per heavy atom. The predicted octanol–water partition coefficient (Wildman–Crippen LogP) is 3.47. The first-order valence-corrected chi connectivity index (χ1v) is 7.76. The van der Waals surface area contributed by atoms with Gasteiger partial charge in [0.05, 0.1) is 0 Å². The fraction of sp³-hybridized carbons (Fsp3) is 0.533. The van der Waals surface area contributed by atoms with E-state index in [2.05, 4.69) is 11.8 Å². The SMILES string of the molecule is CCC1CCN(Cc2sccc2/C=C/C(=O)O)CC1. The van der Waals surface area contributed by atoms with Crippen LogP contribution in [0.5, 0.6) is 0 Å². The first kappa shape index (κ1) is 14.3. The van der Waals surface area contributed by atoms with Gasteiger partial charge in [-0.05, 0) is 54.9 Å². The molecule has 1 saturated heterocycles. The minimum absolute atomic E-state index is 0.888. The molecule has 19 heavy (non-hydrogen) atoms. The number of carboxylic acids is 1. The Labute approximate surface area is 118 Å². The number of hydrogen-bond acceptors (Lipinski definition) is 3. The quantitative estimate of drug-likeness (QED) is 0.839. The van der Waals surface area contributed by atoms with Gasteiger partial charge in [-0.15, -0.1) is 11.3 Å². The lowest BCUT2D eigenvalue weighted by Gasteiger charge is -2.31. The van der Waals surface area contributed by atoms with Crippen LogP contribution < -0.4 is 0 Å².